The van der Waals surface area contributed by atoms with Crippen molar-refractivity contribution in [2.75, 3.05) is 30.4 Å². The zero-order valence-corrected chi connectivity index (χ0v) is 18.9. The minimum Gasteiger partial charge on any atom is -0.478 e. The van der Waals surface area contributed by atoms with E-state index in [1.54, 1.807) is 25.1 Å². The lowest BCUT2D eigenvalue weighted by Gasteiger charge is -2.27. The number of para-hydroxylation sites is 1. The fraction of sp³-hybridized carbons (Fsp3) is 0.364. The maximum atomic E-state index is 13.2. The van der Waals surface area contributed by atoms with Gasteiger partial charge in [0, 0.05) is 25.3 Å². The molecular formula is C22H27N3O5S. The number of nitrogens with zero attached hydrogens (tertiary/aromatic N) is 2. The van der Waals surface area contributed by atoms with Crippen LogP contribution >= 0.6 is 0 Å². The number of benzene rings is 2. The van der Waals surface area contributed by atoms with Crippen LogP contribution in [0.3, 0.4) is 0 Å². The highest BCUT2D eigenvalue weighted by molar-refractivity contribution is 7.89. The Labute approximate surface area is 182 Å². The maximum Gasteiger partial charge on any atom is 0.265 e. The van der Waals surface area contributed by atoms with Gasteiger partial charge in [-0.25, -0.2) is 8.42 Å². The van der Waals surface area contributed by atoms with Crippen LogP contribution in [0.5, 0.6) is 5.75 Å². The monoisotopic (exact) mass is 445 g/mol. The van der Waals surface area contributed by atoms with Gasteiger partial charge in [0.25, 0.3) is 5.91 Å². The Kier molecular flexibility index (Phi) is 6.66. The summed E-state index contributed by atoms with van der Waals surface area (Å²) in [5, 5.41) is 2.75. The molecule has 0 saturated heterocycles. The molecule has 0 saturated carbocycles. The summed E-state index contributed by atoms with van der Waals surface area (Å²) in [7, 11) is -2.59. The molecule has 166 valence electrons. The lowest BCUT2D eigenvalue weighted by Crippen LogP contribution is -2.41. The Balaban J connectivity index is 1.86. The number of amides is 2. The molecule has 2 aromatic carbocycles. The van der Waals surface area contributed by atoms with E-state index in [0.29, 0.717) is 35.7 Å². The van der Waals surface area contributed by atoms with E-state index in [1.165, 1.54) is 18.0 Å². The number of ether oxygens (including phenoxy) is 1. The molecule has 0 aromatic heterocycles. The van der Waals surface area contributed by atoms with Crippen molar-refractivity contribution < 1.29 is 22.7 Å². The molecule has 9 heteroatoms. The number of hydrogen-bond acceptors (Lipinski definition) is 5. The number of aryl methyl sites for hydroxylation is 1. The maximum absolute atomic E-state index is 13.2. The molecular weight excluding hydrogens is 418 g/mol. The van der Waals surface area contributed by atoms with Gasteiger partial charge in [-0.3, -0.25) is 9.59 Å². The normalized spacial score (nSPS) is 15.8. The highest BCUT2D eigenvalue weighted by Crippen LogP contribution is 2.35. The summed E-state index contributed by atoms with van der Waals surface area (Å²) in [6.07, 6.45) is -0.212. The topological polar surface area (TPSA) is 96.0 Å². The van der Waals surface area contributed by atoms with E-state index in [2.05, 4.69) is 5.32 Å². The first-order valence-corrected chi connectivity index (χ1v) is 11.6. The fourth-order valence-electron chi connectivity index (χ4n) is 3.47. The van der Waals surface area contributed by atoms with E-state index in [4.69, 9.17) is 4.74 Å². The lowest BCUT2D eigenvalue weighted by molar-refractivity contribution is -0.123. The first-order chi connectivity index (χ1) is 14.7. The first-order valence-electron chi connectivity index (χ1n) is 10.1. The van der Waals surface area contributed by atoms with Crippen LogP contribution in [0, 0.1) is 6.92 Å². The molecule has 2 aromatic rings. The van der Waals surface area contributed by atoms with Crippen LogP contribution in [0.4, 0.5) is 11.4 Å². The number of nitrogens with one attached hydrogen (secondary N) is 1. The third kappa shape index (κ3) is 4.57. The Morgan fingerprint density at radius 2 is 1.84 bits per heavy atom. The fourth-order valence-corrected chi connectivity index (χ4v) is 4.81. The van der Waals surface area contributed by atoms with E-state index in [0.717, 1.165) is 4.31 Å². The minimum absolute atomic E-state index is 0.0373. The van der Waals surface area contributed by atoms with Crippen molar-refractivity contribution in [3.63, 3.8) is 0 Å². The number of anilines is 2. The van der Waals surface area contributed by atoms with Crippen molar-refractivity contribution in [3.8, 4) is 5.75 Å². The van der Waals surface area contributed by atoms with Gasteiger partial charge in [-0.05, 0) is 44.0 Å². The van der Waals surface area contributed by atoms with Crippen molar-refractivity contribution >= 4 is 33.2 Å². The largest absolute Gasteiger partial charge is 0.478 e. The number of carbonyl (C=O) groups is 2. The van der Waals surface area contributed by atoms with E-state index < -0.39 is 16.1 Å². The third-order valence-electron chi connectivity index (χ3n) is 5.20. The van der Waals surface area contributed by atoms with Gasteiger partial charge in [-0.2, -0.15) is 4.31 Å². The Hall–Kier alpha value is -2.91. The highest BCUT2D eigenvalue weighted by atomic mass is 32.2. The SMILES string of the molecule is CCC1Oc2cc(S(=O)(=O)N(C)CC(=O)N(CC)c3ccccc3)c(C)cc2NC1=O. The molecule has 0 radical (unpaired) electrons. The third-order valence-corrected chi connectivity index (χ3v) is 7.14. The zero-order chi connectivity index (χ0) is 22.8. The smallest absolute Gasteiger partial charge is 0.265 e. The summed E-state index contributed by atoms with van der Waals surface area (Å²) in [5.41, 5.74) is 1.60. The second kappa shape index (κ2) is 9.07. The van der Waals surface area contributed by atoms with E-state index >= 15 is 0 Å². The van der Waals surface area contributed by atoms with E-state index in [1.807, 2.05) is 32.0 Å². The molecule has 3 rings (SSSR count). The van der Waals surface area contributed by atoms with Crippen molar-refractivity contribution in [1.82, 2.24) is 4.31 Å². The Morgan fingerprint density at radius 3 is 2.45 bits per heavy atom. The molecule has 1 N–H and O–H groups in total. The number of likely N-dealkylation sites (N-methyl/N-ethyl adjacent to an activating group) is 2. The molecule has 0 spiro atoms. The van der Waals surface area contributed by atoms with Gasteiger partial charge < -0.3 is 15.0 Å². The average molecular weight is 446 g/mol. The first kappa shape index (κ1) is 22.8. The van der Waals surface area contributed by atoms with E-state index in [9.17, 15) is 18.0 Å². The Bertz CT molecular complexity index is 1090. The summed E-state index contributed by atoms with van der Waals surface area (Å²) in [5.74, 6) is -0.284. The van der Waals surface area contributed by atoms with Crippen LogP contribution in [0.25, 0.3) is 0 Å². The molecule has 0 bridgehead atoms. The number of carbonyl (C=O) groups excluding carboxylic acids is 2. The number of fused-ring (bicyclic) bond motifs is 1. The van der Waals surface area contributed by atoms with E-state index in [-0.39, 0.29) is 23.3 Å². The molecule has 31 heavy (non-hydrogen) atoms. The molecule has 1 unspecified atom stereocenters. The van der Waals surface area contributed by atoms with Crippen molar-refractivity contribution in [2.24, 2.45) is 0 Å². The van der Waals surface area contributed by atoms with Gasteiger partial charge in [0.05, 0.1) is 17.1 Å². The van der Waals surface area contributed by atoms with Crippen molar-refractivity contribution in [1.29, 1.82) is 0 Å². The van der Waals surface area contributed by atoms with Gasteiger partial charge in [-0.15, -0.1) is 0 Å². The van der Waals surface area contributed by atoms with Gasteiger partial charge in [0.1, 0.15) is 5.75 Å². The molecule has 1 heterocycles. The average Bonchev–Trinajstić information content (AvgIpc) is 2.74. The summed E-state index contributed by atoms with van der Waals surface area (Å²) >= 11 is 0. The number of sulfonamides is 1. The number of rotatable bonds is 7. The van der Waals surface area contributed by atoms with Gasteiger partial charge in [0.15, 0.2) is 6.10 Å². The molecule has 0 fully saturated rings. The molecule has 8 nitrogen and oxygen atoms in total. The number of hydrogen-bond donors (Lipinski definition) is 1. The lowest BCUT2D eigenvalue weighted by atomic mass is 10.1. The predicted octanol–water partition coefficient (Wildman–Crippen LogP) is 2.78. The summed E-state index contributed by atoms with van der Waals surface area (Å²) < 4.78 is 33.2. The zero-order valence-electron chi connectivity index (χ0n) is 18.1. The quantitative estimate of drug-likeness (QED) is 0.707. The van der Waals surface area contributed by atoms with Crippen LogP contribution in [0.15, 0.2) is 47.4 Å². The summed E-state index contributed by atoms with van der Waals surface area (Å²) in [6.45, 7) is 5.40. The Morgan fingerprint density at radius 1 is 1.16 bits per heavy atom. The van der Waals surface area contributed by atoms with Gasteiger partial charge in [0.2, 0.25) is 15.9 Å². The predicted molar refractivity (Wildman–Crippen MR) is 119 cm³/mol. The second-order valence-electron chi connectivity index (χ2n) is 7.35. The van der Waals surface area contributed by atoms with Crippen LogP contribution in [0.1, 0.15) is 25.8 Å². The van der Waals surface area contributed by atoms with Crippen molar-refractivity contribution in [2.45, 2.75) is 38.2 Å². The molecule has 1 aliphatic rings. The van der Waals surface area contributed by atoms with Gasteiger partial charge in [-0.1, -0.05) is 25.1 Å². The van der Waals surface area contributed by atoms with Crippen LogP contribution in [-0.2, 0) is 19.6 Å². The standard InChI is InChI=1S/C22H27N3O5S/c1-5-18-22(27)23-17-12-15(3)20(13-19(17)30-18)31(28,29)24(4)14-21(26)25(6-2)16-10-8-7-9-11-16/h7-13,18H,5-6,14H2,1-4H3,(H,23,27). The minimum atomic E-state index is -3.97. The summed E-state index contributed by atoms with van der Waals surface area (Å²) in [6, 6.07) is 12.1. The molecule has 1 atom stereocenters. The van der Waals surface area contributed by atoms with Crippen molar-refractivity contribution in [3.05, 3.63) is 48.0 Å². The van der Waals surface area contributed by atoms with Crippen LogP contribution in [0.2, 0.25) is 0 Å². The highest BCUT2D eigenvalue weighted by Gasteiger charge is 2.31. The molecule has 2 amide bonds. The van der Waals surface area contributed by atoms with Gasteiger partial charge >= 0.3 is 0 Å². The van der Waals surface area contributed by atoms with Crippen LogP contribution < -0.4 is 15.0 Å². The molecule has 1 aliphatic heterocycles. The second-order valence-corrected chi connectivity index (χ2v) is 9.37. The summed E-state index contributed by atoms with van der Waals surface area (Å²) in [4.78, 5) is 26.4. The molecule has 0 aliphatic carbocycles. The van der Waals surface area contributed by atoms with Crippen LogP contribution in [-0.4, -0.2) is 50.8 Å².